The summed E-state index contributed by atoms with van der Waals surface area (Å²) >= 11 is 0. The predicted molar refractivity (Wildman–Crippen MR) is 53.2 cm³/mol. The number of carbonyl (C=O) groups excluding carboxylic acids is 1. The molecule has 0 aliphatic heterocycles. The van der Waals surface area contributed by atoms with Crippen LogP contribution in [-0.4, -0.2) is 5.91 Å². The van der Waals surface area contributed by atoms with E-state index < -0.39 is 5.91 Å². The molecule has 0 aromatic heterocycles. The Kier molecular flexibility index (Phi) is 2.71. The van der Waals surface area contributed by atoms with Gasteiger partial charge in [-0.25, -0.2) is 0 Å². The van der Waals surface area contributed by atoms with E-state index in [0.29, 0.717) is 0 Å². The summed E-state index contributed by atoms with van der Waals surface area (Å²) in [5.74, 6) is -0.392. The van der Waals surface area contributed by atoms with Gasteiger partial charge in [-0.3, -0.25) is 4.79 Å². The normalized spacial score (nSPS) is 10.1. The number of carbonyl (C=O) groups is 1. The highest BCUT2D eigenvalue weighted by atomic mass is 16.1. The Morgan fingerprint density at radius 3 is 2.31 bits per heavy atom. The Hall–Kier alpha value is -1.31. The largest absolute Gasteiger partial charge is 0.369 e. The number of primary amides is 1. The van der Waals surface area contributed by atoms with E-state index >= 15 is 0 Å². The number of hydrogen-bond acceptors (Lipinski definition) is 1. The maximum atomic E-state index is 10.8. The van der Waals surface area contributed by atoms with Crippen LogP contribution in [0.4, 0.5) is 0 Å². The van der Waals surface area contributed by atoms with E-state index in [1.807, 2.05) is 32.9 Å². The van der Waals surface area contributed by atoms with Crippen molar-refractivity contribution < 1.29 is 4.79 Å². The molecule has 0 aliphatic rings. The van der Waals surface area contributed by atoms with Crippen LogP contribution in [0.25, 0.3) is 0 Å². The van der Waals surface area contributed by atoms with Gasteiger partial charge >= 0.3 is 0 Å². The first-order chi connectivity index (χ1) is 6.02. The van der Waals surface area contributed by atoms with Crippen LogP contribution in [0.1, 0.15) is 22.3 Å². The lowest BCUT2D eigenvalue weighted by atomic mass is 9.96. The van der Waals surface area contributed by atoms with Crippen molar-refractivity contribution in [1.82, 2.24) is 0 Å². The molecule has 0 saturated heterocycles. The molecule has 0 spiro atoms. The molecule has 69 valence electrons. The van der Waals surface area contributed by atoms with Crippen molar-refractivity contribution in [3.8, 4) is 0 Å². The van der Waals surface area contributed by atoms with E-state index in [0.717, 1.165) is 16.7 Å². The topological polar surface area (TPSA) is 43.1 Å². The van der Waals surface area contributed by atoms with E-state index in [2.05, 4.69) is 0 Å². The second kappa shape index (κ2) is 3.60. The molecule has 2 nitrogen and oxygen atoms in total. The molecule has 0 heterocycles. The van der Waals surface area contributed by atoms with Crippen LogP contribution in [0.15, 0.2) is 12.1 Å². The summed E-state index contributed by atoms with van der Waals surface area (Å²) < 4.78 is 0. The Labute approximate surface area is 78.8 Å². The molecule has 0 saturated carbocycles. The summed E-state index contributed by atoms with van der Waals surface area (Å²) in [5.41, 5.74) is 9.46. The van der Waals surface area contributed by atoms with Gasteiger partial charge in [-0.05, 0) is 43.0 Å². The summed E-state index contributed by atoms with van der Waals surface area (Å²) in [6, 6.07) is 4.04. The second-order valence-electron chi connectivity index (χ2n) is 3.28. The van der Waals surface area contributed by atoms with Crippen molar-refractivity contribution in [2.24, 2.45) is 5.73 Å². The van der Waals surface area contributed by atoms with Crippen molar-refractivity contribution >= 4 is 5.91 Å². The van der Waals surface area contributed by atoms with Crippen LogP contribution in [0.3, 0.4) is 0 Å². The smallest absolute Gasteiger partial charge is 0.226 e. The van der Waals surface area contributed by atoms with Crippen LogP contribution in [0.5, 0.6) is 0 Å². The lowest BCUT2D eigenvalue weighted by Gasteiger charge is -2.09. The minimum Gasteiger partial charge on any atom is -0.369 e. The van der Waals surface area contributed by atoms with Crippen molar-refractivity contribution in [2.45, 2.75) is 20.8 Å². The van der Waals surface area contributed by atoms with Crippen molar-refractivity contribution in [3.63, 3.8) is 0 Å². The summed E-state index contributed by atoms with van der Waals surface area (Å²) in [6.07, 6.45) is 1.48. The summed E-state index contributed by atoms with van der Waals surface area (Å²) in [4.78, 5) is 10.8. The Morgan fingerprint density at radius 1 is 1.23 bits per heavy atom. The molecule has 0 bridgehead atoms. The average molecular weight is 176 g/mol. The number of aryl methyl sites for hydroxylation is 2. The van der Waals surface area contributed by atoms with Gasteiger partial charge in [0.1, 0.15) is 0 Å². The molecule has 2 heteroatoms. The minimum absolute atomic E-state index is 0.392. The molecule has 1 rings (SSSR count). The fraction of sp³-hybridized carbons (Fsp3) is 0.273. The number of benzene rings is 1. The van der Waals surface area contributed by atoms with E-state index in [4.69, 9.17) is 5.73 Å². The fourth-order valence-electron chi connectivity index (χ4n) is 1.34. The molecule has 1 aromatic rings. The lowest BCUT2D eigenvalue weighted by molar-refractivity contribution is -0.114. The van der Waals surface area contributed by atoms with Crippen LogP contribution in [0.2, 0.25) is 0 Å². The standard InChI is InChI=1S/C11H14NO/c1-7-4-5-8(2)10(9(7)3)6-11(12)13/h4-6H,1-3H3,(H2,12,13). The van der Waals surface area contributed by atoms with Crippen molar-refractivity contribution in [1.29, 1.82) is 0 Å². The minimum atomic E-state index is -0.392. The van der Waals surface area contributed by atoms with Crippen LogP contribution >= 0.6 is 0 Å². The van der Waals surface area contributed by atoms with Gasteiger partial charge in [-0.15, -0.1) is 0 Å². The monoisotopic (exact) mass is 176 g/mol. The molecule has 13 heavy (non-hydrogen) atoms. The Bertz CT molecular complexity index is 342. The summed E-state index contributed by atoms with van der Waals surface area (Å²) in [7, 11) is 0. The molecule has 0 fully saturated rings. The molecule has 1 aromatic carbocycles. The number of hydrogen-bond donors (Lipinski definition) is 1. The first-order valence-electron chi connectivity index (χ1n) is 4.23. The Morgan fingerprint density at radius 2 is 1.77 bits per heavy atom. The molecule has 1 radical (unpaired) electrons. The number of nitrogens with two attached hydrogens (primary N) is 1. The summed E-state index contributed by atoms with van der Waals surface area (Å²) in [6.45, 7) is 5.99. The zero-order valence-corrected chi connectivity index (χ0v) is 8.22. The fourth-order valence-corrected chi connectivity index (χ4v) is 1.34. The van der Waals surface area contributed by atoms with E-state index in [-0.39, 0.29) is 0 Å². The number of amides is 1. The molecule has 1 amide bonds. The van der Waals surface area contributed by atoms with E-state index in [1.165, 1.54) is 12.0 Å². The zero-order chi connectivity index (χ0) is 10.0. The average Bonchev–Trinajstić information content (AvgIpc) is 2.05. The third kappa shape index (κ3) is 2.08. The molecular weight excluding hydrogens is 162 g/mol. The third-order valence-electron chi connectivity index (χ3n) is 2.29. The quantitative estimate of drug-likeness (QED) is 0.731. The van der Waals surface area contributed by atoms with E-state index in [9.17, 15) is 4.79 Å². The van der Waals surface area contributed by atoms with Gasteiger partial charge in [0, 0.05) is 0 Å². The van der Waals surface area contributed by atoms with Gasteiger partial charge in [0.25, 0.3) is 0 Å². The van der Waals surface area contributed by atoms with Crippen LogP contribution in [-0.2, 0) is 4.79 Å². The molecular formula is C11H14NO. The van der Waals surface area contributed by atoms with Gasteiger partial charge in [0.05, 0.1) is 6.42 Å². The lowest BCUT2D eigenvalue weighted by Crippen LogP contribution is -2.13. The summed E-state index contributed by atoms with van der Waals surface area (Å²) in [5, 5.41) is 0. The Balaban J connectivity index is 3.17. The predicted octanol–water partition coefficient (Wildman–Crippen LogP) is 1.65. The maximum absolute atomic E-state index is 10.8. The highest BCUT2D eigenvalue weighted by molar-refractivity contribution is 5.87. The first-order valence-corrected chi connectivity index (χ1v) is 4.23. The maximum Gasteiger partial charge on any atom is 0.226 e. The third-order valence-corrected chi connectivity index (χ3v) is 2.29. The molecule has 0 unspecified atom stereocenters. The van der Waals surface area contributed by atoms with Gasteiger partial charge in [0.2, 0.25) is 5.91 Å². The molecule has 0 atom stereocenters. The van der Waals surface area contributed by atoms with Gasteiger partial charge in [-0.1, -0.05) is 12.1 Å². The van der Waals surface area contributed by atoms with Crippen molar-refractivity contribution in [2.75, 3.05) is 0 Å². The van der Waals surface area contributed by atoms with E-state index in [1.54, 1.807) is 0 Å². The zero-order valence-electron chi connectivity index (χ0n) is 8.22. The number of rotatable bonds is 2. The highest BCUT2D eigenvalue weighted by Crippen LogP contribution is 2.18. The molecule has 2 N–H and O–H groups in total. The second-order valence-corrected chi connectivity index (χ2v) is 3.28. The SMILES string of the molecule is Cc1ccc(C)c([CH]C(N)=O)c1C. The first kappa shape index (κ1) is 9.78. The van der Waals surface area contributed by atoms with Crippen LogP contribution in [0, 0.1) is 27.2 Å². The van der Waals surface area contributed by atoms with Gasteiger partial charge in [0.15, 0.2) is 0 Å². The van der Waals surface area contributed by atoms with Crippen LogP contribution < -0.4 is 5.73 Å². The molecule has 0 aliphatic carbocycles. The van der Waals surface area contributed by atoms with Crippen molar-refractivity contribution in [3.05, 3.63) is 40.8 Å². The van der Waals surface area contributed by atoms with Gasteiger partial charge in [-0.2, -0.15) is 0 Å². The highest BCUT2D eigenvalue weighted by Gasteiger charge is 2.07. The van der Waals surface area contributed by atoms with Gasteiger partial charge < -0.3 is 5.73 Å².